The number of carbonyl (C=O) groups excluding carboxylic acids is 3. The van der Waals surface area contributed by atoms with Gasteiger partial charge in [-0.05, 0) is 37.6 Å². The molecule has 0 aromatic heterocycles. The van der Waals surface area contributed by atoms with Gasteiger partial charge in [-0.1, -0.05) is 6.42 Å². The number of ether oxygens (including phenoxy) is 1. The average Bonchev–Trinajstić information content (AvgIpc) is 2.70. The molecule has 0 spiro atoms. The summed E-state index contributed by atoms with van der Waals surface area (Å²) in [6.07, 6.45) is 1.45. The van der Waals surface area contributed by atoms with Gasteiger partial charge in [-0.2, -0.15) is 0 Å². The fraction of sp³-hybridized carbons (Fsp3) is 0.238. The van der Waals surface area contributed by atoms with Gasteiger partial charge in [0, 0.05) is 17.2 Å². The molecule has 0 saturated carbocycles. The van der Waals surface area contributed by atoms with E-state index in [1.165, 1.54) is 0 Å². The molecular formula is C21H20N2O8. The number of rotatable bonds is 7. The first-order valence-corrected chi connectivity index (χ1v) is 9.39. The monoisotopic (exact) mass is 428 g/mol. The highest BCUT2D eigenvalue weighted by molar-refractivity contribution is 6.30. The van der Waals surface area contributed by atoms with Crippen LogP contribution in [-0.2, 0) is 4.79 Å². The minimum Gasteiger partial charge on any atom is -0.508 e. The predicted molar refractivity (Wildman–Crippen MR) is 107 cm³/mol. The van der Waals surface area contributed by atoms with Crippen molar-refractivity contribution in [3.63, 3.8) is 0 Å². The Morgan fingerprint density at radius 1 is 0.968 bits per heavy atom. The second kappa shape index (κ2) is 8.54. The van der Waals surface area contributed by atoms with E-state index >= 15 is 0 Å². The first-order chi connectivity index (χ1) is 14.6. The summed E-state index contributed by atoms with van der Waals surface area (Å²) in [5, 5.41) is 29.2. The van der Waals surface area contributed by atoms with E-state index in [0.717, 1.165) is 24.3 Å². The molecule has 162 valence electrons. The summed E-state index contributed by atoms with van der Waals surface area (Å²) < 4.78 is 5.23. The van der Waals surface area contributed by atoms with Gasteiger partial charge in [0.15, 0.2) is 5.78 Å². The van der Waals surface area contributed by atoms with Crippen molar-refractivity contribution in [2.45, 2.75) is 25.3 Å². The molecule has 0 bridgehead atoms. The number of hydrogen-bond donors (Lipinski definition) is 5. The number of carboxylic acids is 1. The standard InChI is InChI=1S/C21H20N2O8/c22-4-2-1-3-13(23)21(30)31-15-6-9(20(28)29)5-11-17(15)19(27)16-12(18(11)26)7-10(24)8-14(16)25/h5-8,13,24-25H,1-4,22-23H2,(H,28,29)/t13-/m0/s1. The van der Waals surface area contributed by atoms with Crippen LogP contribution in [0.2, 0.25) is 0 Å². The van der Waals surface area contributed by atoms with Crippen LogP contribution in [0.3, 0.4) is 0 Å². The molecule has 2 aromatic carbocycles. The average molecular weight is 428 g/mol. The van der Waals surface area contributed by atoms with E-state index in [9.17, 15) is 34.5 Å². The van der Waals surface area contributed by atoms with Crippen LogP contribution >= 0.6 is 0 Å². The zero-order valence-electron chi connectivity index (χ0n) is 16.3. The molecule has 1 aliphatic carbocycles. The number of unbranched alkanes of at least 4 members (excludes halogenated alkanes) is 1. The number of carboxylic acid groups (broad SMARTS) is 1. The number of ketones is 2. The zero-order valence-corrected chi connectivity index (χ0v) is 16.3. The summed E-state index contributed by atoms with van der Waals surface area (Å²) >= 11 is 0. The molecule has 0 heterocycles. The Balaban J connectivity index is 2.09. The largest absolute Gasteiger partial charge is 0.508 e. The third kappa shape index (κ3) is 4.11. The van der Waals surface area contributed by atoms with Crippen LogP contribution in [0.5, 0.6) is 17.2 Å². The van der Waals surface area contributed by atoms with Crippen LogP contribution in [0.1, 0.15) is 61.5 Å². The lowest BCUT2D eigenvalue weighted by Crippen LogP contribution is -2.35. The number of aromatic carboxylic acids is 1. The Hall–Kier alpha value is -3.76. The summed E-state index contributed by atoms with van der Waals surface area (Å²) in [7, 11) is 0. The second-order valence-electron chi connectivity index (χ2n) is 7.06. The van der Waals surface area contributed by atoms with E-state index in [0.29, 0.717) is 19.4 Å². The molecule has 1 aliphatic rings. The highest BCUT2D eigenvalue weighted by Crippen LogP contribution is 2.39. The number of hydrogen-bond acceptors (Lipinski definition) is 9. The number of esters is 1. The van der Waals surface area contributed by atoms with E-state index < -0.39 is 52.4 Å². The molecule has 7 N–H and O–H groups in total. The van der Waals surface area contributed by atoms with Crippen molar-refractivity contribution in [2.24, 2.45) is 11.5 Å². The van der Waals surface area contributed by atoms with Crippen LogP contribution in [0, 0.1) is 0 Å². The van der Waals surface area contributed by atoms with Crippen LogP contribution < -0.4 is 16.2 Å². The molecule has 0 unspecified atom stereocenters. The predicted octanol–water partition coefficient (Wildman–Crippen LogP) is 0.933. The van der Waals surface area contributed by atoms with Crippen molar-refractivity contribution in [3.05, 3.63) is 52.1 Å². The van der Waals surface area contributed by atoms with Gasteiger partial charge in [-0.25, -0.2) is 9.59 Å². The van der Waals surface area contributed by atoms with Gasteiger partial charge in [0.1, 0.15) is 23.3 Å². The number of carbonyl (C=O) groups is 4. The Morgan fingerprint density at radius 3 is 2.29 bits per heavy atom. The maximum Gasteiger partial charge on any atom is 0.335 e. The molecular weight excluding hydrogens is 408 g/mol. The number of fused-ring (bicyclic) bond motifs is 2. The molecule has 0 amide bonds. The van der Waals surface area contributed by atoms with Gasteiger partial charge in [-0.15, -0.1) is 0 Å². The van der Waals surface area contributed by atoms with Crippen LogP contribution in [0.4, 0.5) is 0 Å². The summed E-state index contributed by atoms with van der Waals surface area (Å²) in [5.41, 5.74) is 9.43. The second-order valence-corrected chi connectivity index (χ2v) is 7.06. The number of phenols is 2. The van der Waals surface area contributed by atoms with Crippen molar-refractivity contribution in [1.29, 1.82) is 0 Å². The van der Waals surface area contributed by atoms with Gasteiger partial charge < -0.3 is 31.5 Å². The van der Waals surface area contributed by atoms with Crippen molar-refractivity contribution < 1.29 is 39.2 Å². The number of phenolic OH excluding ortho intramolecular Hbond substituents is 2. The number of nitrogens with two attached hydrogens (primary N) is 2. The molecule has 31 heavy (non-hydrogen) atoms. The first kappa shape index (κ1) is 21.9. The minimum atomic E-state index is -1.42. The normalized spacial score (nSPS) is 13.4. The highest BCUT2D eigenvalue weighted by atomic mass is 16.5. The summed E-state index contributed by atoms with van der Waals surface area (Å²) in [5.74, 6) is -5.56. The van der Waals surface area contributed by atoms with Crippen LogP contribution in [0.15, 0.2) is 24.3 Å². The van der Waals surface area contributed by atoms with Gasteiger partial charge in [0.2, 0.25) is 5.78 Å². The fourth-order valence-corrected chi connectivity index (χ4v) is 3.34. The topological polar surface area (TPSA) is 190 Å². The molecule has 10 heteroatoms. The molecule has 2 aromatic rings. The molecule has 0 saturated heterocycles. The zero-order chi connectivity index (χ0) is 22.9. The van der Waals surface area contributed by atoms with E-state index in [2.05, 4.69) is 0 Å². The lowest BCUT2D eigenvalue weighted by Gasteiger charge is -2.22. The Labute approximate surface area is 176 Å². The van der Waals surface area contributed by atoms with Crippen LogP contribution in [0.25, 0.3) is 0 Å². The fourth-order valence-electron chi connectivity index (χ4n) is 3.34. The summed E-state index contributed by atoms with van der Waals surface area (Å²) in [4.78, 5) is 49.9. The highest BCUT2D eigenvalue weighted by Gasteiger charge is 2.37. The minimum absolute atomic E-state index is 0.257. The molecule has 0 radical (unpaired) electrons. The lowest BCUT2D eigenvalue weighted by atomic mass is 9.82. The first-order valence-electron chi connectivity index (χ1n) is 9.39. The van der Waals surface area contributed by atoms with E-state index in [1.54, 1.807) is 0 Å². The third-order valence-corrected chi connectivity index (χ3v) is 4.88. The smallest absolute Gasteiger partial charge is 0.335 e. The number of aromatic hydroxyl groups is 2. The molecule has 10 nitrogen and oxygen atoms in total. The Kier molecular flexibility index (Phi) is 6.04. The maximum absolute atomic E-state index is 13.1. The third-order valence-electron chi connectivity index (χ3n) is 4.88. The van der Waals surface area contributed by atoms with Gasteiger partial charge in [0.25, 0.3) is 0 Å². The summed E-state index contributed by atoms with van der Waals surface area (Å²) in [6.45, 7) is 0.422. The van der Waals surface area contributed by atoms with E-state index in [4.69, 9.17) is 16.2 Å². The van der Waals surface area contributed by atoms with Crippen molar-refractivity contribution >= 4 is 23.5 Å². The molecule has 3 rings (SSSR count). The Morgan fingerprint density at radius 2 is 1.65 bits per heavy atom. The maximum atomic E-state index is 13.1. The molecule has 0 aliphatic heterocycles. The van der Waals surface area contributed by atoms with E-state index in [-0.39, 0.29) is 28.7 Å². The van der Waals surface area contributed by atoms with Crippen molar-refractivity contribution in [2.75, 3.05) is 6.54 Å². The van der Waals surface area contributed by atoms with Crippen LogP contribution in [-0.4, -0.2) is 51.4 Å². The quantitative estimate of drug-likeness (QED) is 0.205. The number of benzene rings is 2. The Bertz CT molecular complexity index is 1110. The lowest BCUT2D eigenvalue weighted by molar-refractivity contribution is -0.136. The van der Waals surface area contributed by atoms with Crippen molar-refractivity contribution in [1.82, 2.24) is 0 Å². The van der Waals surface area contributed by atoms with Gasteiger partial charge in [0.05, 0.1) is 16.7 Å². The van der Waals surface area contributed by atoms with Crippen molar-refractivity contribution in [3.8, 4) is 17.2 Å². The molecule has 0 fully saturated rings. The SMILES string of the molecule is NCCCC[C@H](N)C(=O)Oc1cc(C(=O)O)cc2c1C(=O)c1c(O)cc(O)cc1C2=O. The van der Waals surface area contributed by atoms with E-state index in [1.807, 2.05) is 0 Å². The summed E-state index contributed by atoms with van der Waals surface area (Å²) in [6, 6.07) is 2.74. The van der Waals surface area contributed by atoms with Gasteiger partial charge >= 0.3 is 11.9 Å². The molecule has 1 atom stereocenters. The van der Waals surface area contributed by atoms with Gasteiger partial charge in [-0.3, -0.25) is 9.59 Å².